The second-order valence-corrected chi connectivity index (χ2v) is 8.78. The van der Waals surface area contributed by atoms with E-state index in [1.54, 1.807) is 0 Å². The van der Waals surface area contributed by atoms with Crippen LogP contribution >= 0.6 is 0 Å². The number of nitrogens with one attached hydrogen (secondary N) is 2. The minimum atomic E-state index is -0.640. The van der Waals surface area contributed by atoms with E-state index in [2.05, 4.69) is 10.6 Å². The fourth-order valence-corrected chi connectivity index (χ4v) is 2.96. The van der Waals surface area contributed by atoms with Gasteiger partial charge in [-0.25, -0.2) is 0 Å². The summed E-state index contributed by atoms with van der Waals surface area (Å²) in [5, 5.41) is 26.6. The highest BCUT2D eigenvalue weighted by Crippen LogP contribution is 2.24. The van der Waals surface area contributed by atoms with Gasteiger partial charge in [-0.05, 0) is 17.7 Å². The molecule has 7 heteroatoms. The molecule has 0 radical (unpaired) electrons. The zero-order valence-electron chi connectivity index (χ0n) is 20.2. The molecule has 0 aliphatic carbocycles. The molecule has 0 aliphatic rings. The van der Waals surface area contributed by atoms with Crippen molar-refractivity contribution in [3.8, 4) is 5.75 Å². The van der Waals surface area contributed by atoms with Crippen molar-refractivity contribution in [1.29, 1.82) is 0 Å². The number of ether oxygens (including phenoxy) is 3. The number of aliphatic hydroxyl groups excluding tert-OH is 2. The van der Waals surface area contributed by atoms with E-state index in [0.717, 1.165) is 11.1 Å². The van der Waals surface area contributed by atoms with E-state index in [1.165, 1.54) is 0 Å². The molecule has 0 spiro atoms. The smallest absolute Gasteiger partial charge is 0.184 e. The van der Waals surface area contributed by atoms with Gasteiger partial charge in [-0.3, -0.25) is 0 Å². The summed E-state index contributed by atoms with van der Waals surface area (Å²) in [4.78, 5) is 0. The molecule has 0 amide bonds. The van der Waals surface area contributed by atoms with Crippen LogP contribution < -0.4 is 15.4 Å². The second kappa shape index (κ2) is 15.0. The Balaban J connectivity index is 1.94. The lowest BCUT2D eigenvalue weighted by molar-refractivity contribution is -0.168. The third-order valence-corrected chi connectivity index (χ3v) is 4.80. The molecule has 2 rings (SSSR count). The van der Waals surface area contributed by atoms with E-state index in [1.807, 2.05) is 82.3 Å². The van der Waals surface area contributed by atoms with Gasteiger partial charge in [0.15, 0.2) is 6.29 Å². The standard InChI is InChI=1S/C26H40N2O5/c1-19(2)27-14-23(29)17-31-25-12-10-22(11-13-25)26(32-16-21-8-6-5-7-9-21)33-18-24(30)15-28-20(3)4/h5-13,19-20,23-24,26-30H,14-18H2,1-4H3. The first-order valence-electron chi connectivity index (χ1n) is 11.7. The Morgan fingerprint density at radius 2 is 1.30 bits per heavy atom. The quantitative estimate of drug-likeness (QED) is 0.286. The molecule has 33 heavy (non-hydrogen) atoms. The van der Waals surface area contributed by atoms with E-state index in [0.29, 0.717) is 31.5 Å². The highest BCUT2D eigenvalue weighted by Gasteiger charge is 2.16. The molecule has 0 aliphatic heterocycles. The van der Waals surface area contributed by atoms with Crippen molar-refractivity contribution >= 4 is 0 Å². The Bertz CT molecular complexity index is 755. The van der Waals surface area contributed by atoms with Gasteiger partial charge in [-0.2, -0.15) is 0 Å². The van der Waals surface area contributed by atoms with Gasteiger partial charge in [0, 0.05) is 30.7 Å². The number of hydrogen-bond donors (Lipinski definition) is 4. The first-order chi connectivity index (χ1) is 15.8. The van der Waals surface area contributed by atoms with Crippen molar-refractivity contribution in [3.05, 3.63) is 65.7 Å². The van der Waals surface area contributed by atoms with E-state index in [-0.39, 0.29) is 19.3 Å². The van der Waals surface area contributed by atoms with Crippen molar-refractivity contribution < 1.29 is 24.4 Å². The van der Waals surface area contributed by atoms with Gasteiger partial charge >= 0.3 is 0 Å². The van der Waals surface area contributed by atoms with Gasteiger partial charge in [0.2, 0.25) is 0 Å². The lowest BCUT2D eigenvalue weighted by atomic mass is 10.2. The fourth-order valence-electron chi connectivity index (χ4n) is 2.96. The Labute approximate surface area is 198 Å². The molecule has 7 nitrogen and oxygen atoms in total. The molecule has 2 aromatic carbocycles. The van der Waals surface area contributed by atoms with Crippen LogP contribution in [0.5, 0.6) is 5.75 Å². The van der Waals surface area contributed by atoms with Crippen LogP contribution in [-0.2, 0) is 16.1 Å². The molecule has 4 N–H and O–H groups in total. The van der Waals surface area contributed by atoms with Gasteiger partial charge in [-0.1, -0.05) is 70.2 Å². The maximum atomic E-state index is 10.2. The first-order valence-corrected chi connectivity index (χ1v) is 11.7. The normalized spacial score (nSPS) is 14.4. The number of hydrogen-bond acceptors (Lipinski definition) is 7. The third kappa shape index (κ3) is 11.6. The zero-order chi connectivity index (χ0) is 24.1. The van der Waals surface area contributed by atoms with Crippen LogP contribution in [0.15, 0.2) is 54.6 Å². The molecule has 0 saturated carbocycles. The Morgan fingerprint density at radius 1 is 0.727 bits per heavy atom. The number of aliphatic hydroxyl groups is 2. The van der Waals surface area contributed by atoms with Crippen molar-refractivity contribution in [2.24, 2.45) is 0 Å². The SMILES string of the molecule is CC(C)NCC(O)COc1ccc(C(OCc2ccccc2)OCC(O)CNC(C)C)cc1. The Kier molecular flexibility index (Phi) is 12.4. The monoisotopic (exact) mass is 460 g/mol. The maximum Gasteiger partial charge on any atom is 0.184 e. The topological polar surface area (TPSA) is 92.2 Å². The predicted molar refractivity (Wildman–Crippen MR) is 130 cm³/mol. The maximum absolute atomic E-state index is 10.2. The summed E-state index contributed by atoms with van der Waals surface area (Å²) in [5.41, 5.74) is 1.86. The van der Waals surface area contributed by atoms with Crippen LogP contribution in [0.2, 0.25) is 0 Å². The molecule has 3 atom stereocenters. The largest absolute Gasteiger partial charge is 0.491 e. The highest BCUT2D eigenvalue weighted by atomic mass is 16.7. The van der Waals surface area contributed by atoms with Gasteiger partial charge in [0.25, 0.3) is 0 Å². The average molecular weight is 461 g/mol. The molecular weight excluding hydrogens is 420 g/mol. The molecule has 3 unspecified atom stereocenters. The van der Waals surface area contributed by atoms with Crippen molar-refractivity contribution in [2.75, 3.05) is 26.3 Å². The first kappa shape index (κ1) is 27.2. The van der Waals surface area contributed by atoms with Crippen molar-refractivity contribution in [3.63, 3.8) is 0 Å². The minimum absolute atomic E-state index is 0.145. The highest BCUT2D eigenvalue weighted by molar-refractivity contribution is 5.28. The fraction of sp³-hybridized carbons (Fsp3) is 0.538. The van der Waals surface area contributed by atoms with Gasteiger partial charge < -0.3 is 35.1 Å². The lowest BCUT2D eigenvalue weighted by Crippen LogP contribution is -2.35. The van der Waals surface area contributed by atoms with Crippen LogP contribution in [0.1, 0.15) is 45.1 Å². The van der Waals surface area contributed by atoms with E-state index in [4.69, 9.17) is 14.2 Å². The van der Waals surface area contributed by atoms with Crippen molar-refractivity contribution in [2.45, 2.75) is 64.9 Å². The molecule has 184 valence electrons. The van der Waals surface area contributed by atoms with Crippen LogP contribution in [0, 0.1) is 0 Å². The van der Waals surface area contributed by atoms with E-state index in [9.17, 15) is 10.2 Å². The van der Waals surface area contributed by atoms with Crippen LogP contribution in [0.3, 0.4) is 0 Å². The van der Waals surface area contributed by atoms with Gasteiger partial charge in [-0.15, -0.1) is 0 Å². The Hall–Kier alpha value is -2.00. The summed E-state index contributed by atoms with van der Waals surface area (Å²) in [6.07, 6.45) is -1.86. The average Bonchev–Trinajstić information content (AvgIpc) is 2.81. The molecule has 0 fully saturated rings. The lowest BCUT2D eigenvalue weighted by Gasteiger charge is -2.22. The summed E-state index contributed by atoms with van der Waals surface area (Å²) in [6, 6.07) is 17.9. The molecule has 0 saturated heterocycles. The van der Waals surface area contributed by atoms with Gasteiger partial charge in [0.05, 0.1) is 19.3 Å². The molecule has 0 heterocycles. The third-order valence-electron chi connectivity index (χ3n) is 4.80. The Morgan fingerprint density at radius 3 is 1.88 bits per heavy atom. The van der Waals surface area contributed by atoms with Crippen LogP contribution in [0.25, 0.3) is 0 Å². The zero-order valence-corrected chi connectivity index (χ0v) is 20.2. The summed E-state index contributed by atoms with van der Waals surface area (Å²) in [7, 11) is 0. The van der Waals surface area contributed by atoms with E-state index < -0.39 is 18.5 Å². The second-order valence-electron chi connectivity index (χ2n) is 8.78. The number of benzene rings is 2. The van der Waals surface area contributed by atoms with Gasteiger partial charge in [0.1, 0.15) is 18.5 Å². The van der Waals surface area contributed by atoms with Crippen LogP contribution in [-0.4, -0.2) is 60.8 Å². The molecule has 0 bridgehead atoms. The summed E-state index contributed by atoms with van der Waals surface area (Å²) in [5.74, 6) is 0.658. The predicted octanol–water partition coefficient (Wildman–Crippen LogP) is 3.02. The van der Waals surface area contributed by atoms with Crippen molar-refractivity contribution in [1.82, 2.24) is 10.6 Å². The molecular formula is C26H40N2O5. The molecule has 0 aromatic heterocycles. The summed E-state index contributed by atoms with van der Waals surface area (Å²) < 4.78 is 17.7. The minimum Gasteiger partial charge on any atom is -0.491 e. The number of rotatable bonds is 16. The summed E-state index contributed by atoms with van der Waals surface area (Å²) >= 11 is 0. The van der Waals surface area contributed by atoms with Crippen LogP contribution in [0.4, 0.5) is 0 Å². The van der Waals surface area contributed by atoms with E-state index >= 15 is 0 Å². The molecule has 2 aromatic rings. The summed E-state index contributed by atoms with van der Waals surface area (Å²) in [6.45, 7) is 9.79.